The van der Waals surface area contributed by atoms with Crippen molar-refractivity contribution < 1.29 is 0 Å². The first-order valence-corrected chi connectivity index (χ1v) is 9.59. The van der Waals surface area contributed by atoms with E-state index in [0.29, 0.717) is 12.1 Å². The van der Waals surface area contributed by atoms with E-state index in [0.717, 1.165) is 24.6 Å². The van der Waals surface area contributed by atoms with Crippen molar-refractivity contribution >= 4 is 0 Å². The lowest BCUT2D eigenvalue weighted by Gasteiger charge is -2.34. The standard InChI is InChI=1S/C21H26N6/c1-15-10-11-19(27-16(2)24-25-26-27)13-18(15)14-23-20-9-6-12-22-21(20)17-7-4-3-5-8-17/h3-5,7-8,10-11,13,20-23H,6,9,12,14H2,1-2H3/t20-,21-/m0/s1. The number of nitrogens with zero attached hydrogens (tertiary/aromatic N) is 4. The molecular weight excluding hydrogens is 336 g/mol. The monoisotopic (exact) mass is 362 g/mol. The van der Waals surface area contributed by atoms with Gasteiger partial charge in [-0.1, -0.05) is 36.4 Å². The number of nitrogens with one attached hydrogen (secondary N) is 2. The Kier molecular flexibility index (Phi) is 5.27. The normalized spacial score (nSPS) is 19.9. The van der Waals surface area contributed by atoms with Gasteiger partial charge in [0.2, 0.25) is 0 Å². The molecule has 0 unspecified atom stereocenters. The maximum atomic E-state index is 4.08. The average molecular weight is 362 g/mol. The number of aromatic nitrogens is 4. The van der Waals surface area contributed by atoms with Gasteiger partial charge in [-0.2, -0.15) is 4.68 Å². The highest BCUT2D eigenvalue weighted by molar-refractivity contribution is 5.40. The summed E-state index contributed by atoms with van der Waals surface area (Å²) in [6.07, 6.45) is 2.38. The van der Waals surface area contributed by atoms with Crippen molar-refractivity contribution in [1.29, 1.82) is 0 Å². The van der Waals surface area contributed by atoms with Crippen molar-refractivity contribution in [2.75, 3.05) is 6.54 Å². The molecule has 140 valence electrons. The molecule has 27 heavy (non-hydrogen) atoms. The van der Waals surface area contributed by atoms with Crippen molar-refractivity contribution in [2.24, 2.45) is 0 Å². The van der Waals surface area contributed by atoms with Gasteiger partial charge >= 0.3 is 0 Å². The van der Waals surface area contributed by atoms with Gasteiger partial charge in [-0.25, -0.2) is 0 Å². The molecule has 0 radical (unpaired) electrons. The zero-order valence-electron chi connectivity index (χ0n) is 15.9. The zero-order chi connectivity index (χ0) is 18.6. The summed E-state index contributed by atoms with van der Waals surface area (Å²) in [4.78, 5) is 0. The van der Waals surface area contributed by atoms with Crippen LogP contribution in [0.1, 0.15) is 41.4 Å². The van der Waals surface area contributed by atoms with Gasteiger partial charge in [-0.05, 0) is 72.5 Å². The number of hydrogen-bond acceptors (Lipinski definition) is 5. The van der Waals surface area contributed by atoms with Crippen LogP contribution in [0, 0.1) is 13.8 Å². The maximum absolute atomic E-state index is 4.08. The van der Waals surface area contributed by atoms with Crippen molar-refractivity contribution in [3.05, 3.63) is 71.0 Å². The molecule has 3 aromatic rings. The Morgan fingerprint density at radius 1 is 1.15 bits per heavy atom. The second-order valence-corrected chi connectivity index (χ2v) is 7.22. The van der Waals surface area contributed by atoms with Gasteiger partial charge in [-0.15, -0.1) is 5.10 Å². The van der Waals surface area contributed by atoms with Gasteiger partial charge in [0.1, 0.15) is 0 Å². The highest BCUT2D eigenvalue weighted by Crippen LogP contribution is 2.24. The molecule has 2 atom stereocenters. The molecule has 0 aliphatic carbocycles. The zero-order valence-corrected chi connectivity index (χ0v) is 15.9. The first-order chi connectivity index (χ1) is 13.2. The maximum Gasteiger partial charge on any atom is 0.153 e. The summed E-state index contributed by atoms with van der Waals surface area (Å²) >= 11 is 0. The first-order valence-electron chi connectivity index (χ1n) is 9.59. The third kappa shape index (κ3) is 3.91. The molecule has 2 N–H and O–H groups in total. The molecule has 1 aliphatic rings. The lowest BCUT2D eigenvalue weighted by molar-refractivity contribution is 0.304. The van der Waals surface area contributed by atoms with Crippen LogP contribution in [0.3, 0.4) is 0 Å². The second kappa shape index (κ2) is 7.98. The third-order valence-electron chi connectivity index (χ3n) is 5.37. The fraction of sp³-hybridized carbons (Fsp3) is 0.381. The van der Waals surface area contributed by atoms with E-state index in [1.807, 2.05) is 6.92 Å². The third-order valence-corrected chi connectivity index (χ3v) is 5.37. The van der Waals surface area contributed by atoms with E-state index in [2.05, 4.69) is 81.6 Å². The Bertz CT molecular complexity index is 889. The lowest BCUT2D eigenvalue weighted by Crippen LogP contribution is -2.45. The molecule has 0 spiro atoms. The molecule has 6 nitrogen and oxygen atoms in total. The van der Waals surface area contributed by atoms with Gasteiger partial charge in [0.25, 0.3) is 0 Å². The second-order valence-electron chi connectivity index (χ2n) is 7.22. The molecule has 1 saturated heterocycles. The van der Waals surface area contributed by atoms with Crippen LogP contribution in [0.15, 0.2) is 48.5 Å². The van der Waals surface area contributed by atoms with Crippen molar-refractivity contribution in [2.45, 2.75) is 45.3 Å². The molecule has 2 aromatic carbocycles. The van der Waals surface area contributed by atoms with Crippen LogP contribution in [0.5, 0.6) is 0 Å². The van der Waals surface area contributed by atoms with Crippen LogP contribution in [-0.2, 0) is 6.54 Å². The van der Waals surface area contributed by atoms with Crippen molar-refractivity contribution in [3.63, 3.8) is 0 Å². The Hall–Kier alpha value is -2.57. The van der Waals surface area contributed by atoms with E-state index in [1.165, 1.54) is 29.5 Å². The van der Waals surface area contributed by atoms with E-state index in [-0.39, 0.29) is 0 Å². The first kappa shape index (κ1) is 17.8. The minimum Gasteiger partial charge on any atom is -0.309 e. The number of rotatable bonds is 5. The van der Waals surface area contributed by atoms with Crippen LogP contribution in [0.25, 0.3) is 5.69 Å². The summed E-state index contributed by atoms with van der Waals surface area (Å²) in [5.74, 6) is 0.790. The van der Waals surface area contributed by atoms with Crippen molar-refractivity contribution in [1.82, 2.24) is 30.8 Å². The molecule has 0 amide bonds. The largest absolute Gasteiger partial charge is 0.309 e. The van der Waals surface area contributed by atoms with Gasteiger partial charge in [0.05, 0.1) is 5.69 Å². The quantitative estimate of drug-likeness (QED) is 0.730. The minimum absolute atomic E-state index is 0.352. The van der Waals surface area contributed by atoms with Crippen molar-refractivity contribution in [3.8, 4) is 5.69 Å². The highest BCUT2D eigenvalue weighted by atomic mass is 15.5. The predicted molar refractivity (Wildman–Crippen MR) is 106 cm³/mol. The van der Waals surface area contributed by atoms with Gasteiger partial charge in [0.15, 0.2) is 5.82 Å². The molecule has 4 rings (SSSR count). The summed E-state index contributed by atoms with van der Waals surface area (Å²) in [7, 11) is 0. The molecule has 6 heteroatoms. The summed E-state index contributed by atoms with van der Waals surface area (Å²) in [5.41, 5.74) is 4.91. The van der Waals surface area contributed by atoms with E-state index >= 15 is 0 Å². The molecule has 1 aliphatic heterocycles. The number of aryl methyl sites for hydroxylation is 2. The van der Waals surface area contributed by atoms with E-state index in [9.17, 15) is 0 Å². The van der Waals surface area contributed by atoms with Crippen LogP contribution >= 0.6 is 0 Å². The molecule has 1 fully saturated rings. The molecular formula is C21H26N6. The minimum atomic E-state index is 0.352. The number of tetrazole rings is 1. The van der Waals surface area contributed by atoms with Gasteiger partial charge in [-0.3, -0.25) is 0 Å². The van der Waals surface area contributed by atoms with Crippen LogP contribution in [0.2, 0.25) is 0 Å². The Balaban J connectivity index is 1.51. The smallest absolute Gasteiger partial charge is 0.153 e. The van der Waals surface area contributed by atoms with Gasteiger partial charge < -0.3 is 10.6 Å². The highest BCUT2D eigenvalue weighted by Gasteiger charge is 2.25. The SMILES string of the molecule is Cc1ccc(-n2nnnc2C)cc1CN[C@H]1CCCN[C@H]1c1ccccc1. The van der Waals surface area contributed by atoms with Gasteiger partial charge in [0, 0.05) is 18.6 Å². The Morgan fingerprint density at radius 2 is 2.00 bits per heavy atom. The Morgan fingerprint density at radius 3 is 2.78 bits per heavy atom. The lowest BCUT2D eigenvalue weighted by atomic mass is 9.92. The molecule has 2 heterocycles. The van der Waals surface area contributed by atoms with E-state index in [1.54, 1.807) is 4.68 Å². The fourth-order valence-corrected chi connectivity index (χ4v) is 3.81. The van der Waals surface area contributed by atoms with Crippen LogP contribution in [-0.4, -0.2) is 32.8 Å². The number of benzene rings is 2. The number of hydrogen-bond donors (Lipinski definition) is 2. The predicted octanol–water partition coefficient (Wildman–Crippen LogP) is 2.86. The molecule has 1 aromatic heterocycles. The number of piperidine rings is 1. The molecule has 0 bridgehead atoms. The van der Waals surface area contributed by atoms with E-state index < -0.39 is 0 Å². The average Bonchev–Trinajstić information content (AvgIpc) is 3.14. The fourth-order valence-electron chi connectivity index (χ4n) is 3.81. The summed E-state index contributed by atoms with van der Waals surface area (Å²) in [6, 6.07) is 17.9. The summed E-state index contributed by atoms with van der Waals surface area (Å²) in [5, 5.41) is 19.3. The van der Waals surface area contributed by atoms with Crippen LogP contribution in [0.4, 0.5) is 0 Å². The molecule has 0 saturated carbocycles. The summed E-state index contributed by atoms with van der Waals surface area (Å²) < 4.78 is 1.78. The summed E-state index contributed by atoms with van der Waals surface area (Å²) in [6.45, 7) is 5.97. The Labute approximate surface area is 160 Å². The van der Waals surface area contributed by atoms with Crippen LogP contribution < -0.4 is 10.6 Å². The van der Waals surface area contributed by atoms with E-state index in [4.69, 9.17) is 0 Å². The topological polar surface area (TPSA) is 67.7 Å².